The summed E-state index contributed by atoms with van der Waals surface area (Å²) >= 11 is 0. The molecule has 1 saturated heterocycles. The number of fused-ring (bicyclic) bond motifs is 3. The maximum absolute atomic E-state index is 9.70. The van der Waals surface area contributed by atoms with Gasteiger partial charge in [0.15, 0.2) is 0 Å². The molecule has 1 aliphatic carbocycles. The molecule has 0 radical (unpaired) electrons. The molecule has 2 unspecified atom stereocenters. The van der Waals surface area contributed by atoms with Crippen molar-refractivity contribution in [1.29, 1.82) is 0 Å². The first-order valence-electron chi connectivity index (χ1n) is 7.86. The lowest BCUT2D eigenvalue weighted by Crippen LogP contribution is -2.45. The summed E-state index contributed by atoms with van der Waals surface area (Å²) in [5.74, 6) is 0.633. The third kappa shape index (κ3) is 2.30. The second-order valence-corrected chi connectivity index (χ2v) is 6.69. The predicted octanol–water partition coefficient (Wildman–Crippen LogP) is 2.58. The second kappa shape index (κ2) is 5.00. The molecule has 0 spiro atoms. The molecule has 2 bridgehead atoms. The number of piperidine rings is 1. The van der Waals surface area contributed by atoms with Gasteiger partial charge in [0.2, 0.25) is 0 Å². The minimum atomic E-state index is 0.0309. The van der Waals surface area contributed by atoms with Crippen LogP contribution in [0, 0.1) is 11.3 Å². The number of aromatic amines is 1. The van der Waals surface area contributed by atoms with E-state index in [1.54, 1.807) is 0 Å². The molecule has 2 heterocycles. The minimum absolute atomic E-state index is 0.0309. The molecule has 1 aliphatic heterocycles. The molecule has 2 N–H and O–H groups in total. The highest BCUT2D eigenvalue weighted by atomic mass is 16.3. The van der Waals surface area contributed by atoms with E-state index in [2.05, 4.69) is 52.5 Å². The van der Waals surface area contributed by atoms with Gasteiger partial charge in [-0.2, -0.15) is 0 Å². The van der Waals surface area contributed by atoms with Gasteiger partial charge in [-0.1, -0.05) is 30.4 Å². The third-order valence-corrected chi connectivity index (χ3v) is 5.11. The Hall–Kier alpha value is -1.58. The Kier molecular flexibility index (Phi) is 3.12. The first kappa shape index (κ1) is 13.1. The molecule has 1 aromatic heterocycles. The number of para-hydroxylation sites is 1. The van der Waals surface area contributed by atoms with E-state index >= 15 is 0 Å². The number of aliphatic hydroxyl groups is 1. The number of H-pyrrole nitrogens is 1. The van der Waals surface area contributed by atoms with Crippen LogP contribution in [0.25, 0.3) is 10.9 Å². The van der Waals surface area contributed by atoms with Gasteiger partial charge in [-0.25, -0.2) is 0 Å². The van der Waals surface area contributed by atoms with Crippen molar-refractivity contribution in [2.45, 2.75) is 12.8 Å². The van der Waals surface area contributed by atoms with Crippen LogP contribution in [-0.2, 0) is 6.42 Å². The third-order valence-electron chi connectivity index (χ3n) is 5.11. The van der Waals surface area contributed by atoms with Gasteiger partial charge < -0.3 is 15.0 Å². The molecule has 3 nitrogen and oxygen atoms in total. The summed E-state index contributed by atoms with van der Waals surface area (Å²) < 4.78 is 0. The molecule has 110 valence electrons. The molecule has 2 atom stereocenters. The Morgan fingerprint density at radius 1 is 1.33 bits per heavy atom. The van der Waals surface area contributed by atoms with Crippen LogP contribution >= 0.6 is 0 Å². The molecule has 0 saturated carbocycles. The van der Waals surface area contributed by atoms with Crippen LogP contribution in [0.5, 0.6) is 0 Å². The molecule has 1 aromatic carbocycles. The van der Waals surface area contributed by atoms with Crippen LogP contribution in [-0.4, -0.2) is 41.2 Å². The number of rotatable bonds is 4. The van der Waals surface area contributed by atoms with Crippen molar-refractivity contribution in [1.82, 2.24) is 9.88 Å². The lowest BCUT2D eigenvalue weighted by Gasteiger charge is -2.39. The van der Waals surface area contributed by atoms with E-state index in [1.165, 1.54) is 16.5 Å². The van der Waals surface area contributed by atoms with Crippen molar-refractivity contribution in [2.24, 2.45) is 11.3 Å². The number of hydrogen-bond acceptors (Lipinski definition) is 2. The van der Waals surface area contributed by atoms with Crippen LogP contribution in [0.1, 0.15) is 12.0 Å². The summed E-state index contributed by atoms with van der Waals surface area (Å²) in [6, 6.07) is 8.50. The average molecular weight is 282 g/mol. The second-order valence-electron chi connectivity index (χ2n) is 6.69. The Bertz CT molecular complexity index is 675. The zero-order valence-electron chi connectivity index (χ0n) is 12.3. The summed E-state index contributed by atoms with van der Waals surface area (Å²) in [5, 5.41) is 11.0. The predicted molar refractivity (Wildman–Crippen MR) is 85.2 cm³/mol. The largest absolute Gasteiger partial charge is 0.395 e. The number of aromatic nitrogens is 1. The van der Waals surface area contributed by atoms with Gasteiger partial charge in [-0.3, -0.25) is 0 Å². The topological polar surface area (TPSA) is 39.3 Å². The fourth-order valence-corrected chi connectivity index (χ4v) is 4.04. The van der Waals surface area contributed by atoms with Gasteiger partial charge in [-0.05, 0) is 30.4 Å². The summed E-state index contributed by atoms with van der Waals surface area (Å²) in [7, 11) is 0. The molecular weight excluding hydrogens is 260 g/mol. The number of likely N-dealkylation sites (tertiary alicyclic amines) is 1. The van der Waals surface area contributed by atoms with Crippen LogP contribution in [0.15, 0.2) is 42.6 Å². The van der Waals surface area contributed by atoms with Crippen molar-refractivity contribution in [3.63, 3.8) is 0 Å². The highest BCUT2D eigenvalue weighted by Crippen LogP contribution is 2.40. The monoisotopic (exact) mass is 282 g/mol. The first-order valence-corrected chi connectivity index (χ1v) is 7.86. The van der Waals surface area contributed by atoms with Gasteiger partial charge in [0.1, 0.15) is 0 Å². The number of benzene rings is 1. The number of nitrogens with zero attached hydrogens (tertiary/aromatic N) is 1. The van der Waals surface area contributed by atoms with Crippen molar-refractivity contribution < 1.29 is 5.11 Å². The van der Waals surface area contributed by atoms with Crippen LogP contribution in [0.3, 0.4) is 0 Å². The highest BCUT2D eigenvalue weighted by Gasteiger charge is 2.40. The van der Waals surface area contributed by atoms with E-state index in [1.807, 2.05) is 0 Å². The molecule has 4 rings (SSSR count). The summed E-state index contributed by atoms with van der Waals surface area (Å²) in [5.41, 5.74) is 2.65. The maximum Gasteiger partial charge on any atom is 0.0534 e. The van der Waals surface area contributed by atoms with Crippen LogP contribution in [0.4, 0.5) is 0 Å². The van der Waals surface area contributed by atoms with Crippen molar-refractivity contribution in [3.8, 4) is 0 Å². The molecule has 1 fully saturated rings. The van der Waals surface area contributed by atoms with E-state index in [4.69, 9.17) is 0 Å². The molecule has 0 amide bonds. The zero-order chi connectivity index (χ0) is 14.3. The number of aliphatic hydroxyl groups excluding tert-OH is 1. The molecule has 3 heteroatoms. The fourth-order valence-electron chi connectivity index (χ4n) is 4.04. The number of hydrogen-bond donors (Lipinski definition) is 2. The van der Waals surface area contributed by atoms with E-state index in [0.717, 1.165) is 32.5 Å². The van der Waals surface area contributed by atoms with E-state index in [9.17, 15) is 5.11 Å². The Morgan fingerprint density at radius 3 is 3.14 bits per heavy atom. The lowest BCUT2D eigenvalue weighted by atomic mass is 9.82. The zero-order valence-corrected chi connectivity index (χ0v) is 12.3. The fraction of sp³-hybridized carbons (Fsp3) is 0.444. The Labute approximate surface area is 125 Å². The summed E-state index contributed by atoms with van der Waals surface area (Å²) in [6.45, 7) is 3.49. The van der Waals surface area contributed by atoms with E-state index < -0.39 is 0 Å². The Morgan fingerprint density at radius 2 is 2.24 bits per heavy atom. The molecule has 2 aromatic rings. The minimum Gasteiger partial charge on any atom is -0.395 e. The van der Waals surface area contributed by atoms with Gasteiger partial charge >= 0.3 is 0 Å². The summed E-state index contributed by atoms with van der Waals surface area (Å²) in [6.07, 6.45) is 8.90. The highest BCUT2D eigenvalue weighted by molar-refractivity contribution is 5.83. The van der Waals surface area contributed by atoms with Crippen molar-refractivity contribution in [3.05, 3.63) is 48.2 Å². The smallest absolute Gasteiger partial charge is 0.0534 e. The van der Waals surface area contributed by atoms with E-state index in [-0.39, 0.29) is 12.0 Å². The van der Waals surface area contributed by atoms with E-state index in [0.29, 0.717) is 5.92 Å². The lowest BCUT2D eigenvalue weighted by molar-refractivity contribution is 0.0629. The Balaban J connectivity index is 1.46. The SMILES string of the molecule is OCC12C=CC(CN(CCc3c[nH]c4ccccc34)C1)C2. The molecule has 2 aliphatic rings. The molecule has 21 heavy (non-hydrogen) atoms. The van der Waals surface area contributed by atoms with Crippen molar-refractivity contribution >= 4 is 10.9 Å². The molecular formula is C18H22N2O. The van der Waals surface area contributed by atoms with Gasteiger partial charge in [0.25, 0.3) is 0 Å². The first-order chi connectivity index (χ1) is 10.3. The maximum atomic E-state index is 9.70. The standard InChI is InChI=1S/C18H22N2O/c21-13-18-7-5-14(9-18)11-20(12-18)8-6-15-10-19-17-4-2-1-3-16(15)17/h1-5,7,10,14,19,21H,6,8-9,11-13H2. The van der Waals surface area contributed by atoms with Crippen molar-refractivity contribution in [2.75, 3.05) is 26.2 Å². The number of nitrogens with one attached hydrogen (secondary N) is 1. The van der Waals surface area contributed by atoms with Crippen LogP contribution < -0.4 is 0 Å². The van der Waals surface area contributed by atoms with Gasteiger partial charge in [0, 0.05) is 42.1 Å². The van der Waals surface area contributed by atoms with Crippen LogP contribution in [0.2, 0.25) is 0 Å². The normalized spacial score (nSPS) is 28.5. The van der Waals surface area contributed by atoms with Gasteiger partial charge in [-0.15, -0.1) is 0 Å². The van der Waals surface area contributed by atoms with Gasteiger partial charge in [0.05, 0.1) is 6.61 Å². The average Bonchev–Trinajstić information content (AvgIpc) is 3.07. The quantitative estimate of drug-likeness (QED) is 0.846. The summed E-state index contributed by atoms with van der Waals surface area (Å²) in [4.78, 5) is 5.87.